The molecule has 0 radical (unpaired) electrons. The average molecular weight is 297 g/mol. The minimum atomic E-state index is -2.72. The van der Waals surface area contributed by atoms with E-state index < -0.39 is 7.29 Å². The lowest BCUT2D eigenvalue weighted by molar-refractivity contribution is 0.239. The normalized spacial score (nSPS) is 24.6. The van der Waals surface area contributed by atoms with Gasteiger partial charge in [-0.25, -0.2) is 4.67 Å². The Kier molecular flexibility index (Phi) is 4.51. The molecule has 20 heavy (non-hydrogen) atoms. The van der Waals surface area contributed by atoms with Gasteiger partial charge in [-0.05, 0) is 38.3 Å². The predicted molar refractivity (Wildman–Crippen MR) is 85.1 cm³/mol. The topological polar surface area (TPSA) is 33.5 Å². The van der Waals surface area contributed by atoms with Crippen LogP contribution in [-0.4, -0.2) is 22.4 Å². The number of piperidine rings is 1. The molecule has 1 aromatic heterocycles. The summed E-state index contributed by atoms with van der Waals surface area (Å²) >= 11 is 0. The van der Waals surface area contributed by atoms with Crippen LogP contribution < -0.4 is 5.50 Å². The van der Waals surface area contributed by atoms with Gasteiger partial charge in [-0.1, -0.05) is 34.1 Å². The van der Waals surface area contributed by atoms with Gasteiger partial charge in [0, 0.05) is 17.7 Å². The molecule has 0 saturated carbocycles. The van der Waals surface area contributed by atoms with Crippen molar-refractivity contribution < 1.29 is 8.98 Å². The highest BCUT2D eigenvalue weighted by molar-refractivity contribution is 7.70. The van der Waals surface area contributed by atoms with E-state index in [2.05, 4.69) is 32.4 Å². The minimum absolute atomic E-state index is 0.304. The maximum Gasteiger partial charge on any atom is 0.217 e. The van der Waals surface area contributed by atoms with Gasteiger partial charge in [0.2, 0.25) is 7.29 Å². The fraction of sp³-hybridized carbons (Fsp3) is 0.750. The molecule has 2 rings (SSSR count). The first-order chi connectivity index (χ1) is 9.30. The van der Waals surface area contributed by atoms with Crippen molar-refractivity contribution in [3.05, 3.63) is 17.9 Å². The van der Waals surface area contributed by atoms with Crippen LogP contribution in [0.4, 0.5) is 0 Å². The van der Waals surface area contributed by atoms with Crippen molar-refractivity contribution in [1.82, 2.24) is 4.67 Å². The van der Waals surface area contributed by atoms with Crippen LogP contribution in [0.25, 0.3) is 0 Å². The molecule has 2 atom stereocenters. The van der Waals surface area contributed by atoms with Crippen molar-refractivity contribution in [2.45, 2.75) is 71.5 Å². The summed E-state index contributed by atoms with van der Waals surface area (Å²) in [5.74, 6) is 0.842. The van der Waals surface area contributed by atoms with Crippen LogP contribution in [-0.2, 0) is 4.57 Å². The molecule has 1 saturated heterocycles. The molecule has 1 aromatic rings. The fourth-order valence-corrected chi connectivity index (χ4v) is 6.59. The average Bonchev–Trinajstić information content (AvgIpc) is 2.83. The fourth-order valence-electron chi connectivity index (χ4n) is 3.20. The third-order valence-electron chi connectivity index (χ3n) is 4.36. The second-order valence-electron chi connectivity index (χ2n) is 6.85. The summed E-state index contributed by atoms with van der Waals surface area (Å²) in [5, 5.41) is -0.304. The van der Waals surface area contributed by atoms with Gasteiger partial charge in [-0.15, -0.1) is 0 Å². The summed E-state index contributed by atoms with van der Waals surface area (Å²) in [7, 11) is -2.72. The maximum atomic E-state index is 14.0. The molecule has 4 heteroatoms. The van der Waals surface area contributed by atoms with E-state index in [9.17, 15) is 4.57 Å². The molecule has 3 nitrogen and oxygen atoms in total. The lowest BCUT2D eigenvalue weighted by Gasteiger charge is -2.45. The van der Waals surface area contributed by atoms with Gasteiger partial charge in [0.05, 0.1) is 0 Å². The van der Waals surface area contributed by atoms with E-state index in [0.717, 1.165) is 31.6 Å². The molecule has 1 aliphatic heterocycles. The molecule has 0 aliphatic carbocycles. The summed E-state index contributed by atoms with van der Waals surface area (Å²) in [6, 6.07) is 4.26. The highest BCUT2D eigenvalue weighted by atomic mass is 31.2. The lowest BCUT2D eigenvalue weighted by Crippen LogP contribution is -2.44. The van der Waals surface area contributed by atoms with Gasteiger partial charge >= 0.3 is 0 Å². The molecular formula is C16H28NO2P. The zero-order valence-corrected chi connectivity index (χ0v) is 14.4. The van der Waals surface area contributed by atoms with Crippen molar-refractivity contribution in [2.75, 3.05) is 6.54 Å². The highest BCUT2D eigenvalue weighted by Crippen LogP contribution is 2.61. The van der Waals surface area contributed by atoms with E-state index >= 15 is 0 Å². The van der Waals surface area contributed by atoms with Gasteiger partial charge in [-0.2, -0.15) is 0 Å². The van der Waals surface area contributed by atoms with Gasteiger partial charge in [-0.3, -0.25) is 4.57 Å². The van der Waals surface area contributed by atoms with Crippen molar-refractivity contribution in [3.8, 4) is 0 Å². The first kappa shape index (κ1) is 15.9. The van der Waals surface area contributed by atoms with Crippen LogP contribution in [0, 0.1) is 6.92 Å². The van der Waals surface area contributed by atoms with Crippen molar-refractivity contribution >= 4 is 12.8 Å². The lowest BCUT2D eigenvalue weighted by atomic mass is 10.0. The van der Waals surface area contributed by atoms with Crippen LogP contribution in [0.3, 0.4) is 0 Å². The molecule has 0 N–H and O–H groups in total. The van der Waals surface area contributed by atoms with Crippen LogP contribution in [0.1, 0.15) is 59.1 Å². The van der Waals surface area contributed by atoms with Crippen LogP contribution in [0.15, 0.2) is 16.5 Å². The Hall–Kier alpha value is -0.530. The van der Waals surface area contributed by atoms with Crippen molar-refractivity contribution in [3.63, 3.8) is 0 Å². The highest BCUT2D eigenvalue weighted by Gasteiger charge is 2.48. The second-order valence-corrected chi connectivity index (χ2v) is 10.3. The summed E-state index contributed by atoms with van der Waals surface area (Å²) in [4.78, 5) is 0. The number of nitrogens with zero attached hydrogens (tertiary/aromatic N) is 1. The molecule has 0 unspecified atom stereocenters. The third-order valence-corrected chi connectivity index (χ3v) is 8.27. The Bertz CT molecular complexity index is 501. The number of rotatable bonds is 3. The molecule has 1 aliphatic rings. The van der Waals surface area contributed by atoms with Crippen LogP contribution >= 0.6 is 7.29 Å². The maximum absolute atomic E-state index is 14.0. The minimum Gasteiger partial charge on any atom is -0.457 e. The van der Waals surface area contributed by atoms with Crippen molar-refractivity contribution in [2.24, 2.45) is 0 Å². The van der Waals surface area contributed by atoms with Gasteiger partial charge in [0.1, 0.15) is 5.76 Å². The summed E-state index contributed by atoms with van der Waals surface area (Å²) in [6.07, 6.45) is 4.59. The first-order valence-electron chi connectivity index (χ1n) is 7.75. The monoisotopic (exact) mass is 297 g/mol. The first-order valence-corrected chi connectivity index (χ1v) is 9.41. The van der Waals surface area contributed by atoms with E-state index in [1.54, 1.807) is 0 Å². The molecule has 2 heterocycles. The number of aryl methyl sites for hydroxylation is 1. The predicted octanol–water partition coefficient (Wildman–Crippen LogP) is 4.55. The Labute approximate surface area is 123 Å². The summed E-state index contributed by atoms with van der Waals surface area (Å²) < 4.78 is 22.1. The SMILES string of the molecule is CC[C@H]1CCCCN1[P@@](=O)(c1ccc(C)o1)C(C)(C)C. The number of hydrogen-bond acceptors (Lipinski definition) is 2. The standard InChI is InChI=1S/C16H28NO2P/c1-6-14-9-7-8-12-17(14)20(18,16(3,4)5)15-11-10-13(2)19-15/h10-11,14H,6-9,12H2,1-5H3/t14-,20+/m0/s1. The Balaban J connectivity index is 2.49. The van der Waals surface area contributed by atoms with Gasteiger partial charge in [0.25, 0.3) is 0 Å². The molecule has 0 bridgehead atoms. The Morgan fingerprint density at radius 3 is 2.55 bits per heavy atom. The van der Waals surface area contributed by atoms with Crippen molar-refractivity contribution in [1.29, 1.82) is 0 Å². The zero-order valence-electron chi connectivity index (χ0n) is 13.5. The molecule has 114 valence electrons. The smallest absolute Gasteiger partial charge is 0.217 e. The van der Waals surface area contributed by atoms with Gasteiger partial charge < -0.3 is 4.42 Å². The van der Waals surface area contributed by atoms with E-state index in [1.165, 1.54) is 6.42 Å². The van der Waals surface area contributed by atoms with E-state index in [-0.39, 0.29) is 5.16 Å². The molecule has 0 aromatic carbocycles. The van der Waals surface area contributed by atoms with Crippen LogP contribution in [0.2, 0.25) is 0 Å². The van der Waals surface area contributed by atoms with Gasteiger partial charge in [0.15, 0.2) is 5.50 Å². The quantitative estimate of drug-likeness (QED) is 0.767. The Morgan fingerprint density at radius 2 is 2.05 bits per heavy atom. The molecule has 0 amide bonds. The summed E-state index contributed by atoms with van der Waals surface area (Å²) in [5.41, 5.74) is 0.683. The van der Waals surface area contributed by atoms with E-state index in [1.807, 2.05) is 19.1 Å². The molecule has 1 fully saturated rings. The summed E-state index contributed by atoms with van der Waals surface area (Å²) in [6.45, 7) is 11.3. The van der Waals surface area contributed by atoms with E-state index in [0.29, 0.717) is 11.5 Å². The largest absolute Gasteiger partial charge is 0.457 e. The third kappa shape index (κ3) is 2.63. The second kappa shape index (κ2) is 5.69. The van der Waals surface area contributed by atoms with Crippen LogP contribution in [0.5, 0.6) is 0 Å². The number of furan rings is 1. The molecular weight excluding hydrogens is 269 g/mol. The Morgan fingerprint density at radius 1 is 1.35 bits per heavy atom. The number of hydrogen-bond donors (Lipinski definition) is 0. The zero-order chi connectivity index (χ0) is 15.0. The molecule has 0 spiro atoms. The van der Waals surface area contributed by atoms with E-state index in [4.69, 9.17) is 4.42 Å².